The average Bonchev–Trinajstić information content (AvgIpc) is 3.11. The van der Waals surface area contributed by atoms with Crippen molar-refractivity contribution >= 4 is 5.91 Å². The highest BCUT2D eigenvalue weighted by molar-refractivity contribution is 5.94. The van der Waals surface area contributed by atoms with Gasteiger partial charge >= 0.3 is 0 Å². The minimum Gasteiger partial charge on any atom is -0.493 e. The largest absolute Gasteiger partial charge is 0.493 e. The molecule has 1 amide bonds. The van der Waals surface area contributed by atoms with Crippen molar-refractivity contribution in [1.82, 2.24) is 14.9 Å². The molecule has 1 N–H and O–H groups in total. The Morgan fingerprint density at radius 1 is 1.11 bits per heavy atom. The first kappa shape index (κ1) is 19.5. The fourth-order valence-electron chi connectivity index (χ4n) is 2.91. The molecule has 0 bridgehead atoms. The topological polar surface area (TPSA) is 65.4 Å². The van der Waals surface area contributed by atoms with E-state index in [1.54, 1.807) is 13.3 Å². The molecule has 0 radical (unpaired) electrons. The Morgan fingerprint density at radius 2 is 1.86 bits per heavy atom. The van der Waals surface area contributed by atoms with E-state index in [0.29, 0.717) is 30.2 Å². The van der Waals surface area contributed by atoms with E-state index < -0.39 is 0 Å². The van der Waals surface area contributed by atoms with Gasteiger partial charge in [0.25, 0.3) is 5.91 Å². The Bertz CT molecular complexity index is 932. The van der Waals surface area contributed by atoms with Gasteiger partial charge in [0.1, 0.15) is 5.82 Å². The van der Waals surface area contributed by atoms with Crippen LogP contribution in [0.5, 0.6) is 11.5 Å². The predicted octanol–water partition coefficient (Wildman–Crippen LogP) is 3.58. The van der Waals surface area contributed by atoms with Crippen LogP contribution >= 0.6 is 0 Å². The molecule has 0 aliphatic carbocycles. The fourth-order valence-corrected chi connectivity index (χ4v) is 2.91. The second-order valence-electron chi connectivity index (χ2n) is 6.40. The second kappa shape index (κ2) is 9.08. The molecule has 146 valence electrons. The fraction of sp³-hybridized carbons (Fsp3) is 0.273. The minimum absolute atomic E-state index is 0.112. The van der Waals surface area contributed by atoms with Crippen LogP contribution in [0.4, 0.5) is 0 Å². The summed E-state index contributed by atoms with van der Waals surface area (Å²) < 4.78 is 12.9. The van der Waals surface area contributed by atoms with Crippen molar-refractivity contribution in [2.24, 2.45) is 0 Å². The highest BCUT2D eigenvalue weighted by Gasteiger charge is 2.09. The molecule has 0 fully saturated rings. The number of ether oxygens (including phenoxy) is 2. The Kier molecular flexibility index (Phi) is 6.32. The summed E-state index contributed by atoms with van der Waals surface area (Å²) in [7, 11) is 1.61. The van der Waals surface area contributed by atoms with Gasteiger partial charge in [-0.1, -0.05) is 18.2 Å². The van der Waals surface area contributed by atoms with Crippen molar-refractivity contribution < 1.29 is 14.3 Å². The number of hydrogen-bond donors (Lipinski definition) is 1. The number of carbonyl (C=O) groups excluding carboxylic acids is 1. The smallest absolute Gasteiger partial charge is 0.251 e. The van der Waals surface area contributed by atoms with Crippen LogP contribution in [-0.2, 0) is 13.1 Å². The van der Waals surface area contributed by atoms with Gasteiger partial charge in [-0.2, -0.15) is 0 Å². The SMILES string of the molecule is CCOc1cc(CNC(=O)c2ccc(Cn3ccnc3C)cc2)ccc1OC. The van der Waals surface area contributed by atoms with E-state index in [2.05, 4.69) is 14.9 Å². The molecule has 0 spiro atoms. The van der Waals surface area contributed by atoms with Gasteiger partial charge in [0.2, 0.25) is 0 Å². The van der Waals surface area contributed by atoms with Crippen LogP contribution in [0.1, 0.15) is 34.2 Å². The first-order chi connectivity index (χ1) is 13.6. The van der Waals surface area contributed by atoms with Gasteiger partial charge in [-0.3, -0.25) is 4.79 Å². The van der Waals surface area contributed by atoms with Gasteiger partial charge in [0, 0.05) is 31.0 Å². The number of hydrogen-bond acceptors (Lipinski definition) is 4. The quantitative estimate of drug-likeness (QED) is 0.650. The van der Waals surface area contributed by atoms with Crippen LogP contribution in [0.2, 0.25) is 0 Å². The molecule has 0 atom stereocenters. The lowest BCUT2D eigenvalue weighted by Gasteiger charge is -2.12. The summed E-state index contributed by atoms with van der Waals surface area (Å²) >= 11 is 0. The predicted molar refractivity (Wildman–Crippen MR) is 108 cm³/mol. The zero-order valence-electron chi connectivity index (χ0n) is 16.4. The van der Waals surface area contributed by atoms with E-state index in [1.807, 2.05) is 62.5 Å². The maximum absolute atomic E-state index is 12.5. The summed E-state index contributed by atoms with van der Waals surface area (Å²) in [5.41, 5.74) is 2.70. The lowest BCUT2D eigenvalue weighted by atomic mass is 10.1. The zero-order chi connectivity index (χ0) is 19.9. The van der Waals surface area contributed by atoms with E-state index in [0.717, 1.165) is 23.5 Å². The van der Waals surface area contributed by atoms with Crippen molar-refractivity contribution in [3.05, 3.63) is 77.4 Å². The first-order valence-corrected chi connectivity index (χ1v) is 9.25. The molecule has 6 heteroatoms. The molecule has 0 saturated heterocycles. The number of nitrogens with one attached hydrogen (secondary N) is 1. The average molecular weight is 379 g/mol. The molecule has 6 nitrogen and oxygen atoms in total. The van der Waals surface area contributed by atoms with Gasteiger partial charge in [-0.05, 0) is 49.2 Å². The van der Waals surface area contributed by atoms with Crippen molar-refractivity contribution in [2.45, 2.75) is 26.9 Å². The van der Waals surface area contributed by atoms with Crippen molar-refractivity contribution in [2.75, 3.05) is 13.7 Å². The standard InChI is InChI=1S/C22H25N3O3/c1-4-28-21-13-18(7-10-20(21)27-3)14-24-22(26)19-8-5-17(6-9-19)15-25-12-11-23-16(25)2/h5-13H,4,14-15H2,1-3H3,(H,24,26). The van der Waals surface area contributed by atoms with Crippen LogP contribution in [0, 0.1) is 6.92 Å². The Hall–Kier alpha value is -3.28. The number of amides is 1. The van der Waals surface area contributed by atoms with Crippen LogP contribution in [0.15, 0.2) is 54.9 Å². The Labute approximate surface area is 165 Å². The third-order valence-electron chi connectivity index (χ3n) is 4.47. The molecule has 1 heterocycles. The number of carbonyl (C=O) groups is 1. The lowest BCUT2D eigenvalue weighted by Crippen LogP contribution is -2.22. The number of aryl methyl sites for hydroxylation is 1. The van der Waals surface area contributed by atoms with Crippen molar-refractivity contribution in [3.8, 4) is 11.5 Å². The van der Waals surface area contributed by atoms with Gasteiger partial charge in [0.15, 0.2) is 11.5 Å². The molecule has 3 aromatic rings. The van der Waals surface area contributed by atoms with Gasteiger partial charge < -0.3 is 19.4 Å². The van der Waals surface area contributed by atoms with Crippen LogP contribution in [0.25, 0.3) is 0 Å². The molecular formula is C22H25N3O3. The molecule has 0 aliphatic heterocycles. The van der Waals surface area contributed by atoms with Gasteiger partial charge in [-0.15, -0.1) is 0 Å². The summed E-state index contributed by atoms with van der Waals surface area (Å²) in [6.45, 7) is 5.60. The Balaban J connectivity index is 1.60. The summed E-state index contributed by atoms with van der Waals surface area (Å²) in [4.78, 5) is 16.7. The highest BCUT2D eigenvalue weighted by atomic mass is 16.5. The van der Waals surface area contributed by atoms with E-state index in [-0.39, 0.29) is 5.91 Å². The molecule has 28 heavy (non-hydrogen) atoms. The molecule has 0 saturated carbocycles. The highest BCUT2D eigenvalue weighted by Crippen LogP contribution is 2.28. The monoisotopic (exact) mass is 379 g/mol. The normalized spacial score (nSPS) is 10.5. The number of rotatable bonds is 8. The first-order valence-electron chi connectivity index (χ1n) is 9.25. The number of benzene rings is 2. The molecule has 0 aliphatic rings. The summed E-state index contributed by atoms with van der Waals surface area (Å²) in [6, 6.07) is 13.3. The van der Waals surface area contributed by atoms with E-state index >= 15 is 0 Å². The van der Waals surface area contributed by atoms with Gasteiger partial charge in [0.05, 0.1) is 13.7 Å². The van der Waals surface area contributed by atoms with Crippen LogP contribution < -0.4 is 14.8 Å². The summed E-state index contributed by atoms with van der Waals surface area (Å²) in [5, 5.41) is 2.95. The minimum atomic E-state index is -0.112. The maximum Gasteiger partial charge on any atom is 0.251 e. The third-order valence-corrected chi connectivity index (χ3v) is 4.47. The molecule has 3 rings (SSSR count). The lowest BCUT2D eigenvalue weighted by molar-refractivity contribution is 0.0951. The summed E-state index contributed by atoms with van der Waals surface area (Å²) in [5.74, 6) is 2.21. The summed E-state index contributed by atoms with van der Waals surface area (Å²) in [6.07, 6.45) is 3.73. The van der Waals surface area contributed by atoms with Gasteiger partial charge in [-0.25, -0.2) is 4.98 Å². The number of imidazole rings is 1. The maximum atomic E-state index is 12.5. The van der Waals surface area contributed by atoms with Crippen molar-refractivity contribution in [3.63, 3.8) is 0 Å². The van der Waals surface area contributed by atoms with Crippen molar-refractivity contribution in [1.29, 1.82) is 0 Å². The second-order valence-corrected chi connectivity index (χ2v) is 6.40. The molecule has 0 unspecified atom stereocenters. The number of nitrogens with zero attached hydrogens (tertiary/aromatic N) is 2. The van der Waals surface area contributed by atoms with E-state index in [9.17, 15) is 4.79 Å². The van der Waals surface area contributed by atoms with Crippen LogP contribution in [-0.4, -0.2) is 29.2 Å². The number of aromatic nitrogens is 2. The van der Waals surface area contributed by atoms with E-state index in [1.165, 1.54) is 0 Å². The molecular weight excluding hydrogens is 354 g/mol. The Morgan fingerprint density at radius 3 is 2.50 bits per heavy atom. The molecule has 1 aromatic heterocycles. The third kappa shape index (κ3) is 4.71. The van der Waals surface area contributed by atoms with Crippen LogP contribution in [0.3, 0.4) is 0 Å². The molecule has 2 aromatic carbocycles. The zero-order valence-corrected chi connectivity index (χ0v) is 16.4. The van der Waals surface area contributed by atoms with E-state index in [4.69, 9.17) is 9.47 Å². The number of methoxy groups -OCH3 is 1.